The molecule has 148 valence electrons. The molecule has 0 atom stereocenters. The second kappa shape index (κ2) is 7.84. The third kappa shape index (κ3) is 3.47. The van der Waals surface area contributed by atoms with Crippen molar-refractivity contribution in [2.24, 2.45) is 0 Å². The van der Waals surface area contributed by atoms with Gasteiger partial charge in [0, 0.05) is 43.5 Å². The van der Waals surface area contributed by atoms with E-state index in [0.29, 0.717) is 30.1 Å². The van der Waals surface area contributed by atoms with Crippen LogP contribution in [0.15, 0.2) is 50.8 Å². The number of hydrogen-bond donors (Lipinski definition) is 0. The van der Waals surface area contributed by atoms with Crippen molar-refractivity contribution in [2.45, 2.75) is 33.7 Å². The number of fused-ring (bicyclic) bond motifs is 1. The molecule has 2 aromatic rings. The molecule has 0 bridgehead atoms. The lowest BCUT2D eigenvalue weighted by molar-refractivity contribution is 0.121. The van der Waals surface area contributed by atoms with E-state index in [9.17, 15) is 4.79 Å². The number of morpholine rings is 1. The molecule has 0 saturated carbocycles. The second-order valence-corrected chi connectivity index (χ2v) is 7.51. The van der Waals surface area contributed by atoms with Gasteiger partial charge in [-0.2, -0.15) is 0 Å². The maximum atomic E-state index is 12.9. The molecule has 2 fully saturated rings. The van der Waals surface area contributed by atoms with Gasteiger partial charge in [-0.25, -0.2) is 0 Å². The minimum absolute atomic E-state index is 0.0227. The van der Waals surface area contributed by atoms with E-state index in [4.69, 9.17) is 9.15 Å². The maximum Gasteiger partial charge on any atom is 0.200 e. The molecule has 0 radical (unpaired) electrons. The molecule has 5 nitrogen and oxygen atoms in total. The molecule has 0 aliphatic carbocycles. The molecule has 0 N–H and O–H groups in total. The molecule has 2 aliphatic heterocycles. The van der Waals surface area contributed by atoms with Crippen LogP contribution >= 0.6 is 0 Å². The highest BCUT2D eigenvalue weighted by Gasteiger charge is 2.23. The third-order valence-electron chi connectivity index (χ3n) is 5.66. The van der Waals surface area contributed by atoms with Gasteiger partial charge in [0.05, 0.1) is 18.6 Å². The Balaban J connectivity index is 1.77. The third-order valence-corrected chi connectivity index (χ3v) is 5.66. The Morgan fingerprint density at radius 3 is 2.57 bits per heavy atom. The number of allylic oxidation sites excluding steroid dienone is 3. The van der Waals surface area contributed by atoms with Crippen LogP contribution in [0.4, 0.5) is 5.88 Å². The fourth-order valence-electron chi connectivity index (χ4n) is 4.27. The first kappa shape index (κ1) is 18.8. The van der Waals surface area contributed by atoms with Crippen molar-refractivity contribution in [1.29, 1.82) is 0 Å². The summed E-state index contributed by atoms with van der Waals surface area (Å²) >= 11 is 0. The Morgan fingerprint density at radius 1 is 1.07 bits per heavy atom. The van der Waals surface area contributed by atoms with E-state index in [2.05, 4.69) is 41.9 Å². The molecule has 1 aromatic carbocycles. The summed E-state index contributed by atoms with van der Waals surface area (Å²) in [4.78, 5) is 17.3. The van der Waals surface area contributed by atoms with Crippen molar-refractivity contribution < 1.29 is 9.15 Å². The lowest BCUT2D eigenvalue weighted by Crippen LogP contribution is -2.36. The molecule has 0 unspecified atom stereocenters. The molecule has 4 rings (SSSR count). The minimum atomic E-state index is 0.0227. The van der Waals surface area contributed by atoms with Crippen LogP contribution in [0.2, 0.25) is 0 Å². The van der Waals surface area contributed by atoms with E-state index in [0.717, 1.165) is 43.7 Å². The molecule has 5 heteroatoms. The molecule has 2 aliphatic rings. The first-order valence-corrected chi connectivity index (χ1v) is 10.1. The van der Waals surface area contributed by atoms with Crippen molar-refractivity contribution in [3.05, 3.63) is 63.0 Å². The van der Waals surface area contributed by atoms with Gasteiger partial charge >= 0.3 is 0 Å². The van der Waals surface area contributed by atoms with E-state index in [1.165, 1.54) is 11.3 Å². The zero-order chi connectivity index (χ0) is 19.7. The molecule has 3 heterocycles. The van der Waals surface area contributed by atoms with Crippen molar-refractivity contribution in [3.8, 4) is 0 Å². The van der Waals surface area contributed by atoms with Gasteiger partial charge in [-0.05, 0) is 44.4 Å². The van der Waals surface area contributed by atoms with E-state index in [-0.39, 0.29) is 5.43 Å². The first-order chi connectivity index (χ1) is 13.6. The van der Waals surface area contributed by atoms with Gasteiger partial charge in [0.15, 0.2) is 11.3 Å². The summed E-state index contributed by atoms with van der Waals surface area (Å²) in [6.45, 7) is 10.8. The summed E-state index contributed by atoms with van der Waals surface area (Å²) in [7, 11) is 0. The zero-order valence-corrected chi connectivity index (χ0v) is 17.0. The number of hydrogen-bond acceptors (Lipinski definition) is 5. The molecular weight excluding hydrogens is 352 g/mol. The van der Waals surface area contributed by atoms with E-state index >= 15 is 0 Å². The number of nitrogens with zero attached hydrogens (tertiary/aromatic N) is 2. The topological polar surface area (TPSA) is 45.9 Å². The molecule has 28 heavy (non-hydrogen) atoms. The van der Waals surface area contributed by atoms with Gasteiger partial charge in [-0.15, -0.1) is 0 Å². The van der Waals surface area contributed by atoms with Crippen molar-refractivity contribution in [2.75, 3.05) is 37.7 Å². The summed E-state index contributed by atoms with van der Waals surface area (Å²) in [6.07, 6.45) is 5.43. The number of benzene rings is 1. The Morgan fingerprint density at radius 2 is 1.86 bits per heavy atom. The molecular formula is C23H28N2O3. The second-order valence-electron chi connectivity index (χ2n) is 7.51. The highest BCUT2D eigenvalue weighted by molar-refractivity contribution is 5.82. The average Bonchev–Trinajstić information content (AvgIpc) is 3.10. The molecule has 2 saturated heterocycles. The van der Waals surface area contributed by atoms with Crippen LogP contribution in [0.3, 0.4) is 0 Å². The van der Waals surface area contributed by atoms with E-state index < -0.39 is 0 Å². The van der Waals surface area contributed by atoms with Gasteiger partial charge in [0.2, 0.25) is 0 Å². The predicted molar refractivity (Wildman–Crippen MR) is 113 cm³/mol. The van der Waals surface area contributed by atoms with Gasteiger partial charge in [0.25, 0.3) is 0 Å². The smallest absolute Gasteiger partial charge is 0.200 e. The van der Waals surface area contributed by atoms with Crippen LogP contribution in [0.1, 0.15) is 31.4 Å². The first-order valence-electron chi connectivity index (χ1n) is 10.1. The summed E-state index contributed by atoms with van der Waals surface area (Å²) < 4.78 is 11.7. The summed E-state index contributed by atoms with van der Waals surface area (Å²) in [6, 6.07) is 5.71. The normalized spacial score (nSPS) is 20.7. The Kier molecular flexibility index (Phi) is 5.27. The summed E-state index contributed by atoms with van der Waals surface area (Å²) in [5.74, 6) is 0.646. The fourth-order valence-corrected chi connectivity index (χ4v) is 4.27. The minimum Gasteiger partial charge on any atom is -0.440 e. The highest BCUT2D eigenvalue weighted by Crippen LogP contribution is 2.31. The fraction of sp³-hybridized carbons (Fsp3) is 0.435. The van der Waals surface area contributed by atoms with E-state index in [1.54, 1.807) is 6.07 Å². The SMILES string of the molecule is C/C=C1/CCN(Cc2cc(C)cc3c(=O)cc(N4CCOCC4)oc23)/C1=C/C. The van der Waals surface area contributed by atoms with Crippen LogP contribution in [0, 0.1) is 6.92 Å². The standard InChI is InChI=1S/C23H28N2O3/c1-4-17-6-7-25(20(17)5-2)15-18-12-16(3)13-19-21(26)14-22(28-23(18)19)24-8-10-27-11-9-24/h4-5,12-14H,6-11,15H2,1-3H3/b17-4-,20-5+. The number of likely N-dealkylation sites (tertiary alicyclic amines) is 1. The van der Waals surface area contributed by atoms with Crippen LogP contribution < -0.4 is 10.3 Å². The number of rotatable bonds is 3. The molecule has 0 amide bonds. The van der Waals surface area contributed by atoms with Gasteiger partial charge in [-0.1, -0.05) is 18.2 Å². The van der Waals surface area contributed by atoms with Crippen LogP contribution in [0.25, 0.3) is 11.0 Å². The van der Waals surface area contributed by atoms with Crippen LogP contribution in [0.5, 0.6) is 0 Å². The lowest BCUT2D eigenvalue weighted by Gasteiger charge is -2.27. The quantitative estimate of drug-likeness (QED) is 0.806. The van der Waals surface area contributed by atoms with Gasteiger partial charge in [-0.3, -0.25) is 4.79 Å². The van der Waals surface area contributed by atoms with Crippen molar-refractivity contribution in [3.63, 3.8) is 0 Å². The Labute approximate surface area is 165 Å². The summed E-state index contributed by atoms with van der Waals surface area (Å²) in [5, 5.41) is 0.666. The number of anilines is 1. The molecule has 0 spiro atoms. The maximum absolute atomic E-state index is 12.9. The Bertz CT molecular complexity index is 997. The summed E-state index contributed by atoms with van der Waals surface area (Å²) in [5.41, 5.74) is 5.55. The van der Waals surface area contributed by atoms with Gasteiger partial charge < -0.3 is 19.0 Å². The number of aryl methyl sites for hydroxylation is 1. The number of ether oxygens (including phenoxy) is 1. The van der Waals surface area contributed by atoms with Crippen LogP contribution in [-0.4, -0.2) is 37.7 Å². The lowest BCUT2D eigenvalue weighted by atomic mass is 10.1. The van der Waals surface area contributed by atoms with Crippen LogP contribution in [-0.2, 0) is 11.3 Å². The Hall–Kier alpha value is -2.53. The van der Waals surface area contributed by atoms with Gasteiger partial charge in [0.1, 0.15) is 5.58 Å². The average molecular weight is 380 g/mol. The highest BCUT2D eigenvalue weighted by atomic mass is 16.5. The van der Waals surface area contributed by atoms with Crippen molar-refractivity contribution in [1.82, 2.24) is 4.90 Å². The zero-order valence-electron chi connectivity index (χ0n) is 17.0. The van der Waals surface area contributed by atoms with E-state index in [1.807, 2.05) is 13.0 Å². The molecule has 1 aromatic heterocycles. The van der Waals surface area contributed by atoms with Crippen molar-refractivity contribution >= 4 is 16.9 Å². The monoisotopic (exact) mass is 380 g/mol. The predicted octanol–water partition coefficient (Wildman–Crippen LogP) is 3.99. The largest absolute Gasteiger partial charge is 0.440 e.